The van der Waals surface area contributed by atoms with Crippen LogP contribution in [0.15, 0.2) is 18.2 Å². The van der Waals surface area contributed by atoms with Crippen LogP contribution in [0.5, 0.6) is 5.75 Å². The van der Waals surface area contributed by atoms with Crippen LogP contribution >= 0.6 is 0 Å². The van der Waals surface area contributed by atoms with E-state index in [0.717, 1.165) is 0 Å². The van der Waals surface area contributed by atoms with E-state index < -0.39 is 12.3 Å². The van der Waals surface area contributed by atoms with E-state index in [2.05, 4.69) is 0 Å². The van der Waals surface area contributed by atoms with E-state index in [-0.39, 0.29) is 44.3 Å². The lowest BCUT2D eigenvalue weighted by molar-refractivity contribution is -0.143. The Bertz CT molecular complexity index is 698. The normalized spacial score (nSPS) is 13.3. The summed E-state index contributed by atoms with van der Waals surface area (Å²) in [5.74, 6) is -0.355. The highest BCUT2D eigenvalue weighted by Gasteiger charge is 2.29. The molecule has 0 fully saturated rings. The maximum Gasteiger partial charge on any atom is 0.306 e. The Morgan fingerprint density at radius 1 is 1.11 bits per heavy atom. The van der Waals surface area contributed by atoms with Gasteiger partial charge < -0.3 is 23.8 Å². The van der Waals surface area contributed by atoms with E-state index in [4.69, 9.17) is 18.9 Å². The van der Waals surface area contributed by atoms with Crippen molar-refractivity contribution in [2.24, 2.45) is 0 Å². The Labute approximate surface area is 164 Å². The molecule has 0 atom stereocenters. The molecular weight excluding hydrogens is 366 g/mol. The van der Waals surface area contributed by atoms with Crippen molar-refractivity contribution in [1.29, 1.82) is 0 Å². The number of esters is 1. The van der Waals surface area contributed by atoms with Crippen LogP contribution in [0.2, 0.25) is 0 Å². The molecule has 154 valence electrons. The molecule has 1 aromatic rings. The predicted octanol–water partition coefficient (Wildman–Crippen LogP) is 2.34. The van der Waals surface area contributed by atoms with Crippen molar-refractivity contribution >= 4 is 23.3 Å². The quantitative estimate of drug-likeness (QED) is 0.324. The number of hydrogen-bond acceptors (Lipinski definition) is 7. The van der Waals surface area contributed by atoms with E-state index in [1.54, 1.807) is 25.1 Å². The number of fused-ring (bicyclic) bond motifs is 1. The smallest absolute Gasteiger partial charge is 0.306 e. The molecule has 1 aromatic carbocycles. The van der Waals surface area contributed by atoms with Crippen LogP contribution in [0, 0.1) is 0 Å². The number of hydrogen-bond donors (Lipinski definition) is 0. The minimum atomic E-state index is -0.576. The SMILES string of the molecule is CCOC(=O)CCC(=O)c1ccc2c(c1)N(CC(OCC)OCC)C(=O)CO2. The summed E-state index contributed by atoms with van der Waals surface area (Å²) in [5.41, 5.74) is 0.887. The van der Waals surface area contributed by atoms with Crippen molar-refractivity contribution in [1.82, 2.24) is 0 Å². The molecule has 1 aliphatic rings. The third kappa shape index (κ3) is 5.77. The number of benzene rings is 1. The summed E-state index contributed by atoms with van der Waals surface area (Å²) in [7, 11) is 0. The molecule has 0 bridgehead atoms. The zero-order valence-corrected chi connectivity index (χ0v) is 16.6. The van der Waals surface area contributed by atoms with Gasteiger partial charge in [-0.05, 0) is 39.0 Å². The number of Topliss-reactive ketones (excluding diaryl/α,β-unsaturated/α-hetero) is 1. The highest BCUT2D eigenvalue weighted by Crippen LogP contribution is 2.33. The van der Waals surface area contributed by atoms with Crippen LogP contribution in [-0.4, -0.2) is 56.9 Å². The summed E-state index contributed by atoms with van der Waals surface area (Å²) in [5, 5.41) is 0. The Balaban J connectivity index is 2.17. The highest BCUT2D eigenvalue weighted by atomic mass is 16.7. The first-order chi connectivity index (χ1) is 13.5. The van der Waals surface area contributed by atoms with Gasteiger partial charge in [-0.25, -0.2) is 0 Å². The molecule has 1 amide bonds. The lowest BCUT2D eigenvalue weighted by atomic mass is 10.0. The minimum Gasteiger partial charge on any atom is -0.482 e. The third-order valence-electron chi connectivity index (χ3n) is 4.12. The van der Waals surface area contributed by atoms with Gasteiger partial charge in [-0.3, -0.25) is 14.4 Å². The number of carbonyl (C=O) groups is 3. The van der Waals surface area contributed by atoms with Crippen molar-refractivity contribution in [2.45, 2.75) is 39.9 Å². The molecule has 2 rings (SSSR count). The predicted molar refractivity (Wildman–Crippen MR) is 102 cm³/mol. The summed E-state index contributed by atoms with van der Waals surface area (Å²) in [6.45, 7) is 6.69. The number of anilines is 1. The number of rotatable bonds is 11. The van der Waals surface area contributed by atoms with Gasteiger partial charge in [0.15, 0.2) is 18.7 Å². The summed E-state index contributed by atoms with van der Waals surface area (Å²) < 4.78 is 21.4. The Hall–Kier alpha value is -2.45. The molecule has 0 unspecified atom stereocenters. The van der Waals surface area contributed by atoms with Crippen molar-refractivity contribution in [3.05, 3.63) is 23.8 Å². The molecule has 0 radical (unpaired) electrons. The van der Waals surface area contributed by atoms with Gasteiger partial charge in [0.05, 0.1) is 25.3 Å². The average Bonchev–Trinajstić information content (AvgIpc) is 2.68. The molecule has 8 heteroatoms. The standard InChI is InChI=1S/C20H27NO7/c1-4-25-19(24)10-8-16(22)14-7-9-17-15(11-14)21(18(23)13-28-17)12-20(26-5-2)27-6-3/h7,9,11,20H,4-6,8,10,12-13H2,1-3H3. The number of amides is 1. The van der Waals surface area contributed by atoms with Gasteiger partial charge in [-0.1, -0.05) is 0 Å². The number of ether oxygens (including phenoxy) is 4. The Morgan fingerprint density at radius 3 is 2.46 bits per heavy atom. The van der Waals surface area contributed by atoms with Crippen molar-refractivity contribution in [2.75, 3.05) is 37.9 Å². The van der Waals surface area contributed by atoms with Gasteiger partial charge in [-0.2, -0.15) is 0 Å². The van der Waals surface area contributed by atoms with Crippen LogP contribution in [0.25, 0.3) is 0 Å². The second-order valence-electron chi connectivity index (χ2n) is 6.04. The molecule has 1 heterocycles. The fraction of sp³-hybridized carbons (Fsp3) is 0.550. The molecule has 28 heavy (non-hydrogen) atoms. The zero-order valence-electron chi connectivity index (χ0n) is 16.6. The van der Waals surface area contributed by atoms with Gasteiger partial charge in [0.1, 0.15) is 5.75 Å². The Kier molecular flexibility index (Phi) is 8.41. The van der Waals surface area contributed by atoms with Gasteiger partial charge >= 0.3 is 5.97 Å². The van der Waals surface area contributed by atoms with E-state index in [9.17, 15) is 14.4 Å². The highest BCUT2D eigenvalue weighted by molar-refractivity contribution is 6.02. The van der Waals surface area contributed by atoms with E-state index in [1.807, 2.05) is 13.8 Å². The first-order valence-electron chi connectivity index (χ1n) is 9.49. The number of carbonyl (C=O) groups excluding carboxylic acids is 3. The number of ketones is 1. The summed E-state index contributed by atoms with van der Waals surface area (Å²) in [6, 6.07) is 4.89. The van der Waals surface area contributed by atoms with Crippen molar-refractivity contribution in [3.63, 3.8) is 0 Å². The van der Waals surface area contributed by atoms with Gasteiger partial charge in [0.2, 0.25) is 0 Å². The molecule has 8 nitrogen and oxygen atoms in total. The first-order valence-corrected chi connectivity index (χ1v) is 9.49. The molecule has 0 saturated carbocycles. The van der Waals surface area contributed by atoms with Gasteiger partial charge in [0.25, 0.3) is 5.91 Å². The van der Waals surface area contributed by atoms with E-state index in [0.29, 0.717) is 30.2 Å². The fourth-order valence-corrected chi connectivity index (χ4v) is 2.84. The zero-order chi connectivity index (χ0) is 20.5. The fourth-order valence-electron chi connectivity index (χ4n) is 2.84. The first kappa shape index (κ1) is 21.8. The molecule has 0 aliphatic carbocycles. The second kappa shape index (κ2) is 10.8. The third-order valence-corrected chi connectivity index (χ3v) is 4.12. The molecule has 0 saturated heterocycles. The van der Waals surface area contributed by atoms with Crippen LogP contribution in [0.1, 0.15) is 44.0 Å². The van der Waals surface area contributed by atoms with E-state index >= 15 is 0 Å². The van der Waals surface area contributed by atoms with Gasteiger partial charge in [-0.15, -0.1) is 0 Å². The maximum absolute atomic E-state index is 12.5. The van der Waals surface area contributed by atoms with Crippen molar-refractivity contribution < 1.29 is 33.3 Å². The minimum absolute atomic E-state index is 0.0135. The molecule has 1 aliphatic heterocycles. The van der Waals surface area contributed by atoms with Crippen LogP contribution in [0.4, 0.5) is 5.69 Å². The molecule has 0 N–H and O–H groups in total. The summed E-state index contributed by atoms with van der Waals surface area (Å²) >= 11 is 0. The topological polar surface area (TPSA) is 91.4 Å². The largest absolute Gasteiger partial charge is 0.482 e. The lowest BCUT2D eigenvalue weighted by Gasteiger charge is -2.32. The van der Waals surface area contributed by atoms with E-state index in [1.165, 1.54) is 4.90 Å². The van der Waals surface area contributed by atoms with Gasteiger partial charge in [0, 0.05) is 25.2 Å². The second-order valence-corrected chi connectivity index (χ2v) is 6.04. The van der Waals surface area contributed by atoms with Crippen LogP contribution in [-0.2, 0) is 23.8 Å². The summed E-state index contributed by atoms with van der Waals surface area (Å²) in [4.78, 5) is 37.9. The molecular formula is C20H27NO7. The molecule has 0 spiro atoms. The monoisotopic (exact) mass is 393 g/mol. The lowest BCUT2D eigenvalue weighted by Crippen LogP contribution is -2.44. The summed E-state index contributed by atoms with van der Waals surface area (Å²) in [6.07, 6.45) is -0.528. The van der Waals surface area contributed by atoms with Crippen LogP contribution in [0.3, 0.4) is 0 Å². The Morgan fingerprint density at radius 2 is 1.82 bits per heavy atom. The number of nitrogens with zero attached hydrogens (tertiary/aromatic N) is 1. The van der Waals surface area contributed by atoms with Crippen molar-refractivity contribution in [3.8, 4) is 5.75 Å². The maximum atomic E-state index is 12.5. The average molecular weight is 393 g/mol. The van der Waals surface area contributed by atoms with Crippen LogP contribution < -0.4 is 9.64 Å². The molecule has 0 aromatic heterocycles.